The van der Waals surface area contributed by atoms with Crippen LogP contribution in [0.1, 0.15) is 18.0 Å². The van der Waals surface area contributed by atoms with Crippen LogP contribution in [0.15, 0.2) is 41.9 Å². The minimum absolute atomic E-state index is 0.105. The lowest BCUT2D eigenvalue weighted by molar-refractivity contribution is -0.133. The minimum atomic E-state index is -0.611. The number of benzene rings is 1. The molecular weight excluding hydrogens is 264 g/mol. The van der Waals surface area contributed by atoms with Gasteiger partial charge in [0, 0.05) is 25.0 Å². The predicted octanol–water partition coefficient (Wildman–Crippen LogP) is 1.83. The van der Waals surface area contributed by atoms with Crippen LogP contribution in [0.4, 0.5) is 0 Å². The van der Waals surface area contributed by atoms with Gasteiger partial charge in [0.15, 0.2) is 0 Å². The van der Waals surface area contributed by atoms with E-state index in [9.17, 15) is 9.59 Å². The molecule has 4 nitrogen and oxygen atoms in total. The molecule has 1 saturated heterocycles. The standard InChI is InChI=1S/C14H15ClN2O2/c15-8-4-9-17-10-7-12(18)16-13(14(17)19)11-5-2-1-3-6-11/h1-6,8,13H,7,9-10H2,(H,16,18)/b8-4+. The number of halogens is 1. The molecule has 0 bridgehead atoms. The fourth-order valence-corrected chi connectivity index (χ4v) is 2.12. The molecule has 0 aliphatic carbocycles. The van der Waals surface area contributed by atoms with Gasteiger partial charge in [-0.3, -0.25) is 9.59 Å². The second kappa shape index (κ2) is 6.38. The molecule has 1 fully saturated rings. The summed E-state index contributed by atoms with van der Waals surface area (Å²) in [6.45, 7) is 0.829. The summed E-state index contributed by atoms with van der Waals surface area (Å²) in [6, 6.07) is 8.64. The van der Waals surface area contributed by atoms with Crippen molar-refractivity contribution in [3.8, 4) is 0 Å². The maximum absolute atomic E-state index is 12.4. The van der Waals surface area contributed by atoms with Crippen LogP contribution in [0.25, 0.3) is 0 Å². The van der Waals surface area contributed by atoms with Crippen LogP contribution in [0.3, 0.4) is 0 Å². The van der Waals surface area contributed by atoms with Gasteiger partial charge in [-0.05, 0) is 5.56 Å². The first-order valence-electron chi connectivity index (χ1n) is 6.10. The largest absolute Gasteiger partial charge is 0.340 e. The molecule has 0 aromatic heterocycles. The number of hydrogen-bond donors (Lipinski definition) is 1. The zero-order valence-corrected chi connectivity index (χ0v) is 11.1. The highest BCUT2D eigenvalue weighted by Gasteiger charge is 2.30. The Morgan fingerprint density at radius 3 is 2.74 bits per heavy atom. The lowest BCUT2D eigenvalue weighted by Gasteiger charge is -2.22. The molecular formula is C14H15ClN2O2. The first-order valence-corrected chi connectivity index (χ1v) is 6.54. The van der Waals surface area contributed by atoms with Crippen molar-refractivity contribution in [3.05, 3.63) is 47.5 Å². The van der Waals surface area contributed by atoms with Crippen LogP contribution >= 0.6 is 11.6 Å². The third-order valence-corrected chi connectivity index (χ3v) is 3.20. The molecule has 1 heterocycles. The van der Waals surface area contributed by atoms with E-state index < -0.39 is 6.04 Å². The molecule has 100 valence electrons. The summed E-state index contributed by atoms with van der Waals surface area (Å²) >= 11 is 5.49. The van der Waals surface area contributed by atoms with Crippen LogP contribution in [-0.2, 0) is 9.59 Å². The van der Waals surface area contributed by atoms with E-state index in [-0.39, 0.29) is 11.8 Å². The Morgan fingerprint density at radius 2 is 2.05 bits per heavy atom. The van der Waals surface area contributed by atoms with E-state index in [4.69, 9.17) is 11.6 Å². The number of nitrogens with zero attached hydrogens (tertiary/aromatic N) is 1. The number of carbonyl (C=O) groups is 2. The summed E-state index contributed by atoms with van der Waals surface area (Å²) in [4.78, 5) is 25.8. The van der Waals surface area contributed by atoms with Gasteiger partial charge in [0.2, 0.25) is 11.8 Å². The molecule has 19 heavy (non-hydrogen) atoms. The molecule has 1 aromatic carbocycles. The van der Waals surface area contributed by atoms with Crippen molar-refractivity contribution >= 4 is 23.4 Å². The first kappa shape index (κ1) is 13.6. The number of nitrogens with one attached hydrogen (secondary N) is 1. The summed E-state index contributed by atoms with van der Waals surface area (Å²) < 4.78 is 0. The fraction of sp³-hybridized carbons (Fsp3) is 0.286. The Bertz CT molecular complexity index is 487. The normalized spacial score (nSPS) is 20.5. The van der Waals surface area contributed by atoms with Gasteiger partial charge in [0.05, 0.1) is 0 Å². The van der Waals surface area contributed by atoms with E-state index in [0.29, 0.717) is 19.5 Å². The molecule has 5 heteroatoms. The molecule has 0 radical (unpaired) electrons. The molecule has 1 unspecified atom stereocenters. The molecule has 1 aromatic rings. The van der Waals surface area contributed by atoms with Gasteiger partial charge >= 0.3 is 0 Å². The van der Waals surface area contributed by atoms with E-state index in [2.05, 4.69) is 5.32 Å². The number of rotatable bonds is 3. The molecule has 1 atom stereocenters. The van der Waals surface area contributed by atoms with Crippen molar-refractivity contribution in [1.29, 1.82) is 0 Å². The zero-order valence-electron chi connectivity index (χ0n) is 10.4. The number of carbonyl (C=O) groups excluding carboxylic acids is 2. The van der Waals surface area contributed by atoms with Gasteiger partial charge in [0.1, 0.15) is 6.04 Å². The average Bonchev–Trinajstić information content (AvgIpc) is 2.58. The van der Waals surface area contributed by atoms with E-state index in [1.54, 1.807) is 11.0 Å². The molecule has 1 N–H and O–H groups in total. The lowest BCUT2D eigenvalue weighted by Crippen LogP contribution is -2.38. The number of amides is 2. The fourth-order valence-electron chi connectivity index (χ4n) is 2.04. The number of hydrogen-bond acceptors (Lipinski definition) is 2. The average molecular weight is 279 g/mol. The van der Waals surface area contributed by atoms with Crippen LogP contribution in [0.5, 0.6) is 0 Å². The van der Waals surface area contributed by atoms with Crippen molar-refractivity contribution in [2.24, 2.45) is 0 Å². The third kappa shape index (κ3) is 3.35. The van der Waals surface area contributed by atoms with Crippen LogP contribution in [-0.4, -0.2) is 29.8 Å². The Labute approximate surface area is 117 Å². The maximum Gasteiger partial charge on any atom is 0.250 e. The SMILES string of the molecule is O=C1CCN(C/C=C/Cl)C(=O)C(c2ccccc2)N1. The predicted molar refractivity (Wildman–Crippen MR) is 73.5 cm³/mol. The molecule has 2 amide bonds. The van der Waals surface area contributed by atoms with Crippen molar-refractivity contribution in [3.63, 3.8) is 0 Å². The smallest absolute Gasteiger partial charge is 0.250 e. The van der Waals surface area contributed by atoms with Gasteiger partial charge in [-0.25, -0.2) is 0 Å². The van der Waals surface area contributed by atoms with Crippen molar-refractivity contribution in [2.75, 3.05) is 13.1 Å². The van der Waals surface area contributed by atoms with Crippen LogP contribution in [0.2, 0.25) is 0 Å². The van der Waals surface area contributed by atoms with Gasteiger partial charge in [0.25, 0.3) is 0 Å². The Morgan fingerprint density at radius 1 is 1.32 bits per heavy atom. The van der Waals surface area contributed by atoms with Crippen molar-refractivity contribution in [1.82, 2.24) is 10.2 Å². The second-order valence-electron chi connectivity index (χ2n) is 4.31. The Kier molecular flexibility index (Phi) is 4.58. The van der Waals surface area contributed by atoms with Crippen LogP contribution in [0, 0.1) is 0 Å². The van der Waals surface area contributed by atoms with Crippen LogP contribution < -0.4 is 5.32 Å². The lowest BCUT2D eigenvalue weighted by atomic mass is 10.1. The highest BCUT2D eigenvalue weighted by Crippen LogP contribution is 2.18. The summed E-state index contributed by atoms with van der Waals surface area (Å²) in [5, 5.41) is 2.76. The summed E-state index contributed by atoms with van der Waals surface area (Å²) in [5.41, 5.74) is 2.17. The van der Waals surface area contributed by atoms with Crippen molar-refractivity contribution in [2.45, 2.75) is 12.5 Å². The minimum Gasteiger partial charge on any atom is -0.340 e. The Balaban J connectivity index is 2.24. The van der Waals surface area contributed by atoms with Gasteiger partial charge in [-0.15, -0.1) is 0 Å². The molecule has 1 aliphatic heterocycles. The topological polar surface area (TPSA) is 49.4 Å². The van der Waals surface area contributed by atoms with Crippen molar-refractivity contribution < 1.29 is 9.59 Å². The van der Waals surface area contributed by atoms with E-state index in [1.165, 1.54) is 5.54 Å². The van der Waals surface area contributed by atoms with E-state index in [0.717, 1.165) is 5.56 Å². The quantitative estimate of drug-likeness (QED) is 0.917. The first-order chi connectivity index (χ1) is 9.22. The molecule has 0 saturated carbocycles. The summed E-state index contributed by atoms with van der Waals surface area (Å²) in [6.07, 6.45) is 2.00. The zero-order chi connectivity index (χ0) is 13.7. The highest BCUT2D eigenvalue weighted by molar-refractivity contribution is 6.25. The highest BCUT2D eigenvalue weighted by atomic mass is 35.5. The van der Waals surface area contributed by atoms with E-state index >= 15 is 0 Å². The van der Waals surface area contributed by atoms with E-state index in [1.807, 2.05) is 30.3 Å². The van der Waals surface area contributed by atoms with Gasteiger partial charge in [-0.1, -0.05) is 48.0 Å². The molecule has 1 aliphatic rings. The Hall–Kier alpha value is -1.81. The molecule has 0 spiro atoms. The third-order valence-electron chi connectivity index (χ3n) is 3.02. The summed E-state index contributed by atoms with van der Waals surface area (Å²) in [5.74, 6) is -0.216. The second-order valence-corrected chi connectivity index (χ2v) is 4.56. The monoisotopic (exact) mass is 278 g/mol. The molecule has 2 rings (SSSR count). The van der Waals surface area contributed by atoms with Gasteiger partial charge < -0.3 is 10.2 Å². The van der Waals surface area contributed by atoms with Gasteiger partial charge in [-0.2, -0.15) is 0 Å². The maximum atomic E-state index is 12.4. The summed E-state index contributed by atoms with van der Waals surface area (Å²) in [7, 11) is 0.